The maximum Gasteiger partial charge on any atom is 0.339 e. The van der Waals surface area contributed by atoms with Gasteiger partial charge in [-0.3, -0.25) is 0 Å². The summed E-state index contributed by atoms with van der Waals surface area (Å²) < 4.78 is 15.5. The maximum absolute atomic E-state index is 11.8. The van der Waals surface area contributed by atoms with Crippen LogP contribution in [0.2, 0.25) is 0 Å². The van der Waals surface area contributed by atoms with E-state index >= 15 is 0 Å². The van der Waals surface area contributed by atoms with Crippen LogP contribution in [0.15, 0.2) is 54.2 Å². The molecule has 0 saturated carbocycles. The fraction of sp³-hybridized carbons (Fsp3) is 0.211. The number of para-hydroxylation sites is 1. The molecule has 5 heteroatoms. The minimum absolute atomic E-state index is 0.277. The van der Waals surface area contributed by atoms with Crippen LogP contribution in [0.3, 0.4) is 0 Å². The zero-order chi connectivity index (χ0) is 16.9. The van der Waals surface area contributed by atoms with E-state index < -0.39 is 0 Å². The monoisotopic (exact) mass is 325 g/mol. The van der Waals surface area contributed by atoms with Gasteiger partial charge < -0.3 is 19.5 Å². The van der Waals surface area contributed by atoms with Gasteiger partial charge >= 0.3 is 5.97 Å². The molecule has 5 nitrogen and oxygen atoms in total. The lowest BCUT2D eigenvalue weighted by Gasteiger charge is -2.09. The molecule has 2 aromatic rings. The predicted molar refractivity (Wildman–Crippen MR) is 91.4 cm³/mol. The summed E-state index contributed by atoms with van der Waals surface area (Å²) in [6.45, 7) is 2.30. The van der Waals surface area contributed by atoms with Crippen molar-refractivity contribution in [3.05, 3.63) is 65.4 Å². The Morgan fingerprint density at radius 3 is 2.83 bits per heavy atom. The summed E-state index contributed by atoms with van der Waals surface area (Å²) in [5.74, 6) is 1.20. The van der Waals surface area contributed by atoms with Gasteiger partial charge in [0.25, 0.3) is 0 Å². The van der Waals surface area contributed by atoms with E-state index in [0.29, 0.717) is 5.56 Å². The van der Waals surface area contributed by atoms with E-state index in [2.05, 4.69) is 5.32 Å². The van der Waals surface area contributed by atoms with Crippen LogP contribution in [0.25, 0.3) is 0 Å². The third-order valence-corrected chi connectivity index (χ3v) is 3.73. The van der Waals surface area contributed by atoms with Crippen LogP contribution in [-0.4, -0.2) is 19.9 Å². The summed E-state index contributed by atoms with van der Waals surface area (Å²) in [5.41, 5.74) is 3.48. The van der Waals surface area contributed by atoms with Crippen LogP contribution in [0.5, 0.6) is 11.5 Å². The summed E-state index contributed by atoms with van der Waals surface area (Å²) >= 11 is 0. The number of hydrogen-bond donors (Lipinski definition) is 1. The molecule has 3 rings (SSSR count). The van der Waals surface area contributed by atoms with Crippen molar-refractivity contribution in [1.29, 1.82) is 0 Å². The van der Waals surface area contributed by atoms with Crippen LogP contribution in [0.1, 0.15) is 22.8 Å². The van der Waals surface area contributed by atoms with Gasteiger partial charge in [0.1, 0.15) is 0 Å². The molecule has 0 aliphatic carbocycles. The van der Waals surface area contributed by atoms with Gasteiger partial charge in [-0.15, -0.1) is 0 Å². The van der Waals surface area contributed by atoms with Gasteiger partial charge in [0.15, 0.2) is 11.5 Å². The number of carbonyl (C=O) groups is 1. The maximum atomic E-state index is 11.8. The highest BCUT2D eigenvalue weighted by atomic mass is 16.7. The second kappa shape index (κ2) is 7.08. The van der Waals surface area contributed by atoms with Crippen molar-refractivity contribution in [2.75, 3.05) is 19.2 Å². The molecule has 0 atom stereocenters. The Labute approximate surface area is 140 Å². The topological polar surface area (TPSA) is 56.8 Å². The molecule has 0 bridgehead atoms. The largest absolute Gasteiger partial charge is 0.465 e. The highest BCUT2D eigenvalue weighted by Gasteiger charge is 2.13. The Hall–Kier alpha value is -2.95. The molecule has 0 amide bonds. The van der Waals surface area contributed by atoms with Gasteiger partial charge in [-0.25, -0.2) is 4.79 Å². The molecule has 24 heavy (non-hydrogen) atoms. The van der Waals surface area contributed by atoms with E-state index in [1.807, 2.05) is 43.5 Å². The number of ether oxygens (including phenoxy) is 3. The SMILES string of the molecule is COC(=O)c1ccccc1N/C=C(\C)Cc1ccc2c(c1)OCO2. The van der Waals surface area contributed by atoms with Crippen LogP contribution in [0.4, 0.5) is 5.69 Å². The Kier molecular flexibility index (Phi) is 4.70. The summed E-state index contributed by atoms with van der Waals surface area (Å²) in [6, 6.07) is 13.2. The Balaban J connectivity index is 1.70. The molecule has 0 radical (unpaired) electrons. The summed E-state index contributed by atoms with van der Waals surface area (Å²) in [7, 11) is 1.37. The average Bonchev–Trinajstić information content (AvgIpc) is 3.07. The highest BCUT2D eigenvalue weighted by Crippen LogP contribution is 2.33. The van der Waals surface area contributed by atoms with Gasteiger partial charge in [0.05, 0.1) is 18.4 Å². The summed E-state index contributed by atoms with van der Waals surface area (Å²) in [5, 5.41) is 3.18. The normalized spacial score (nSPS) is 12.8. The van der Waals surface area contributed by atoms with Crippen molar-refractivity contribution in [2.45, 2.75) is 13.3 Å². The second-order valence-electron chi connectivity index (χ2n) is 5.54. The van der Waals surface area contributed by atoms with Crippen molar-refractivity contribution in [3.63, 3.8) is 0 Å². The molecule has 2 aromatic carbocycles. The first-order valence-corrected chi connectivity index (χ1v) is 7.65. The van der Waals surface area contributed by atoms with Crippen LogP contribution < -0.4 is 14.8 Å². The minimum Gasteiger partial charge on any atom is -0.465 e. The number of esters is 1. The molecule has 0 saturated heterocycles. The van der Waals surface area contributed by atoms with Crippen molar-refractivity contribution in [3.8, 4) is 11.5 Å². The van der Waals surface area contributed by atoms with Crippen LogP contribution in [-0.2, 0) is 11.2 Å². The number of fused-ring (bicyclic) bond motifs is 1. The zero-order valence-electron chi connectivity index (χ0n) is 13.7. The first kappa shape index (κ1) is 15.9. The standard InChI is InChI=1S/C19H19NO4/c1-13(9-14-7-8-17-18(10-14)24-12-23-17)11-20-16-6-4-3-5-15(16)19(21)22-2/h3-8,10-11,20H,9,12H2,1-2H3/b13-11+. The quantitative estimate of drug-likeness (QED) is 0.848. The van der Waals surface area contributed by atoms with Crippen LogP contribution in [0, 0.1) is 0 Å². The summed E-state index contributed by atoms with van der Waals surface area (Å²) in [4.78, 5) is 11.8. The minimum atomic E-state index is -0.361. The molecule has 124 valence electrons. The lowest BCUT2D eigenvalue weighted by atomic mass is 10.1. The lowest BCUT2D eigenvalue weighted by Crippen LogP contribution is -2.05. The van der Waals surface area contributed by atoms with E-state index in [0.717, 1.165) is 34.7 Å². The molecule has 1 N–H and O–H groups in total. The van der Waals surface area contributed by atoms with E-state index in [1.165, 1.54) is 7.11 Å². The molecule has 1 aliphatic heterocycles. The van der Waals surface area contributed by atoms with Crippen molar-refractivity contribution < 1.29 is 19.0 Å². The number of hydrogen-bond acceptors (Lipinski definition) is 5. The molecule has 1 aliphatic rings. The van der Waals surface area contributed by atoms with E-state index in [-0.39, 0.29) is 12.8 Å². The number of benzene rings is 2. The predicted octanol–water partition coefficient (Wildman–Crippen LogP) is 3.76. The van der Waals surface area contributed by atoms with E-state index in [9.17, 15) is 4.79 Å². The van der Waals surface area contributed by atoms with Crippen molar-refractivity contribution in [1.82, 2.24) is 0 Å². The Bertz CT molecular complexity index is 783. The first-order valence-electron chi connectivity index (χ1n) is 7.65. The van der Waals surface area contributed by atoms with Crippen molar-refractivity contribution in [2.24, 2.45) is 0 Å². The second-order valence-corrected chi connectivity index (χ2v) is 5.54. The first-order chi connectivity index (χ1) is 11.7. The Morgan fingerprint density at radius 2 is 2.00 bits per heavy atom. The van der Waals surface area contributed by atoms with Gasteiger partial charge in [-0.05, 0) is 43.2 Å². The number of allylic oxidation sites excluding steroid dienone is 1. The number of rotatable bonds is 5. The van der Waals surface area contributed by atoms with Gasteiger partial charge in [0, 0.05) is 6.20 Å². The van der Waals surface area contributed by atoms with E-state index in [4.69, 9.17) is 14.2 Å². The highest BCUT2D eigenvalue weighted by molar-refractivity contribution is 5.95. The average molecular weight is 325 g/mol. The molecular formula is C19H19NO4. The van der Waals surface area contributed by atoms with Crippen molar-refractivity contribution >= 4 is 11.7 Å². The molecule has 0 fully saturated rings. The number of carbonyl (C=O) groups excluding carboxylic acids is 1. The third kappa shape index (κ3) is 3.51. The van der Waals surface area contributed by atoms with Crippen LogP contribution >= 0.6 is 0 Å². The zero-order valence-corrected chi connectivity index (χ0v) is 13.7. The number of nitrogens with one attached hydrogen (secondary N) is 1. The van der Waals surface area contributed by atoms with Gasteiger partial charge in [0.2, 0.25) is 6.79 Å². The third-order valence-electron chi connectivity index (χ3n) is 3.73. The molecule has 0 spiro atoms. The Morgan fingerprint density at radius 1 is 1.21 bits per heavy atom. The molecule has 0 unspecified atom stereocenters. The molecule has 0 aromatic heterocycles. The van der Waals surface area contributed by atoms with Gasteiger partial charge in [-0.2, -0.15) is 0 Å². The fourth-order valence-electron chi connectivity index (χ4n) is 2.52. The summed E-state index contributed by atoms with van der Waals surface area (Å²) in [6.07, 6.45) is 2.66. The molecular weight excluding hydrogens is 306 g/mol. The lowest BCUT2D eigenvalue weighted by molar-refractivity contribution is 0.0602. The number of anilines is 1. The van der Waals surface area contributed by atoms with Gasteiger partial charge in [-0.1, -0.05) is 23.8 Å². The number of methoxy groups -OCH3 is 1. The smallest absolute Gasteiger partial charge is 0.339 e. The van der Waals surface area contributed by atoms with E-state index in [1.54, 1.807) is 12.1 Å². The fourth-order valence-corrected chi connectivity index (χ4v) is 2.52. The molecule has 1 heterocycles.